The molecule has 0 aliphatic rings. The second-order valence-corrected chi connectivity index (χ2v) is 5.86. The largest absolute Gasteiger partial charge is 0.458 e. The fourth-order valence-electron chi connectivity index (χ4n) is 1.71. The summed E-state index contributed by atoms with van der Waals surface area (Å²) in [4.78, 5) is 19.5. The van der Waals surface area contributed by atoms with Crippen LogP contribution >= 0.6 is 11.3 Å². The molecule has 23 heavy (non-hydrogen) atoms. The number of carbonyl (C=O) groups excluding carboxylic acids is 1. The van der Waals surface area contributed by atoms with E-state index in [1.165, 1.54) is 18.3 Å². The first-order valence-corrected chi connectivity index (χ1v) is 8.27. The lowest BCUT2D eigenvalue weighted by Crippen LogP contribution is -2.32. The molecule has 2 aromatic rings. The highest BCUT2D eigenvalue weighted by Gasteiger charge is 2.09. The van der Waals surface area contributed by atoms with Gasteiger partial charge in [0.15, 0.2) is 5.76 Å². The van der Waals surface area contributed by atoms with E-state index in [0.29, 0.717) is 29.7 Å². The Balaban J connectivity index is 1.91. The Hall–Kier alpha value is -2.19. The summed E-state index contributed by atoms with van der Waals surface area (Å²) in [7, 11) is 0. The Labute approximate surface area is 139 Å². The Morgan fingerprint density at radius 2 is 2.39 bits per heavy atom. The van der Waals surface area contributed by atoms with Gasteiger partial charge in [0.2, 0.25) is 11.0 Å². The third-order valence-electron chi connectivity index (χ3n) is 3.09. The highest BCUT2D eigenvalue weighted by Crippen LogP contribution is 2.27. The SMILES string of the molecule is CCC(N)CNC=Nc1nc(-c2ccc(CNC(C)=O)o2)cs1. The fraction of sp³-hybridized carbons (Fsp3) is 0.400. The minimum absolute atomic E-state index is 0.0940. The Morgan fingerprint density at radius 3 is 3.13 bits per heavy atom. The topological polar surface area (TPSA) is 106 Å². The molecular weight excluding hydrogens is 314 g/mol. The zero-order valence-electron chi connectivity index (χ0n) is 13.2. The van der Waals surface area contributed by atoms with Gasteiger partial charge in [-0.05, 0) is 18.6 Å². The van der Waals surface area contributed by atoms with Gasteiger partial charge in [-0.25, -0.2) is 9.98 Å². The average Bonchev–Trinajstić information content (AvgIpc) is 3.18. The van der Waals surface area contributed by atoms with Crippen molar-refractivity contribution in [3.63, 3.8) is 0 Å². The molecule has 2 aromatic heterocycles. The summed E-state index contributed by atoms with van der Waals surface area (Å²) in [6.45, 7) is 4.56. The number of hydrogen-bond acceptors (Lipinski definition) is 6. The number of aliphatic imine (C=N–C) groups is 1. The van der Waals surface area contributed by atoms with E-state index < -0.39 is 0 Å². The van der Waals surface area contributed by atoms with Gasteiger partial charge < -0.3 is 20.8 Å². The summed E-state index contributed by atoms with van der Waals surface area (Å²) in [6, 6.07) is 3.78. The number of nitrogens with two attached hydrogens (primary N) is 1. The van der Waals surface area contributed by atoms with Crippen LogP contribution in [0.5, 0.6) is 0 Å². The van der Waals surface area contributed by atoms with Crippen molar-refractivity contribution in [2.24, 2.45) is 10.7 Å². The van der Waals surface area contributed by atoms with Crippen molar-refractivity contribution in [2.45, 2.75) is 32.9 Å². The third kappa shape index (κ3) is 5.50. The van der Waals surface area contributed by atoms with Gasteiger partial charge in [-0.3, -0.25) is 4.79 Å². The highest BCUT2D eigenvalue weighted by atomic mass is 32.1. The zero-order valence-corrected chi connectivity index (χ0v) is 14.0. The first-order chi connectivity index (χ1) is 11.1. The molecule has 0 fully saturated rings. The number of nitrogens with zero attached hydrogens (tertiary/aromatic N) is 2. The molecule has 7 nitrogen and oxygen atoms in total. The number of aromatic nitrogens is 1. The lowest BCUT2D eigenvalue weighted by Gasteiger charge is -2.06. The van der Waals surface area contributed by atoms with Gasteiger partial charge in [0.1, 0.15) is 11.5 Å². The van der Waals surface area contributed by atoms with Crippen LogP contribution in [0.15, 0.2) is 26.9 Å². The van der Waals surface area contributed by atoms with Crippen LogP contribution in [0.4, 0.5) is 5.13 Å². The Kier molecular flexibility index (Phi) is 6.30. The molecule has 0 bridgehead atoms. The molecule has 0 saturated heterocycles. The van der Waals surface area contributed by atoms with Crippen LogP contribution in [0.3, 0.4) is 0 Å². The van der Waals surface area contributed by atoms with E-state index in [1.807, 2.05) is 24.4 Å². The fourth-order valence-corrected chi connectivity index (χ4v) is 2.36. The zero-order chi connectivity index (χ0) is 16.7. The van der Waals surface area contributed by atoms with Gasteiger partial charge in [0.25, 0.3) is 0 Å². The van der Waals surface area contributed by atoms with Crippen LogP contribution in [0.2, 0.25) is 0 Å². The van der Waals surface area contributed by atoms with E-state index in [-0.39, 0.29) is 11.9 Å². The van der Waals surface area contributed by atoms with Crippen molar-refractivity contribution >= 4 is 28.7 Å². The van der Waals surface area contributed by atoms with Crippen molar-refractivity contribution in [1.82, 2.24) is 15.6 Å². The average molecular weight is 335 g/mol. The number of hydrogen-bond donors (Lipinski definition) is 3. The number of rotatable bonds is 8. The molecule has 1 atom stereocenters. The number of nitrogens with one attached hydrogen (secondary N) is 2. The number of carbonyl (C=O) groups is 1. The van der Waals surface area contributed by atoms with Gasteiger partial charge in [-0.2, -0.15) is 0 Å². The summed E-state index contributed by atoms with van der Waals surface area (Å²) >= 11 is 1.43. The van der Waals surface area contributed by atoms with Gasteiger partial charge in [0.05, 0.1) is 12.9 Å². The molecule has 1 unspecified atom stereocenters. The normalized spacial score (nSPS) is 12.5. The predicted molar refractivity (Wildman–Crippen MR) is 91.8 cm³/mol. The lowest BCUT2D eigenvalue weighted by atomic mass is 10.2. The molecular formula is C15H21N5O2S. The maximum atomic E-state index is 10.9. The molecule has 124 valence electrons. The molecule has 0 radical (unpaired) electrons. The first-order valence-electron chi connectivity index (χ1n) is 7.39. The van der Waals surface area contributed by atoms with E-state index in [0.717, 1.165) is 12.1 Å². The Morgan fingerprint density at radius 1 is 1.57 bits per heavy atom. The molecule has 2 heterocycles. The van der Waals surface area contributed by atoms with Crippen molar-refractivity contribution in [1.29, 1.82) is 0 Å². The van der Waals surface area contributed by atoms with E-state index in [9.17, 15) is 4.79 Å². The quantitative estimate of drug-likeness (QED) is 0.505. The van der Waals surface area contributed by atoms with Crippen LogP contribution in [0.25, 0.3) is 11.5 Å². The van der Waals surface area contributed by atoms with E-state index >= 15 is 0 Å². The van der Waals surface area contributed by atoms with Crippen molar-refractivity contribution < 1.29 is 9.21 Å². The monoisotopic (exact) mass is 335 g/mol. The molecule has 4 N–H and O–H groups in total. The number of thiazole rings is 1. The number of furan rings is 1. The minimum atomic E-state index is -0.0940. The summed E-state index contributed by atoms with van der Waals surface area (Å²) < 4.78 is 5.65. The molecule has 1 amide bonds. The van der Waals surface area contributed by atoms with Gasteiger partial charge in [-0.1, -0.05) is 6.92 Å². The van der Waals surface area contributed by atoms with Crippen LogP contribution < -0.4 is 16.4 Å². The predicted octanol–water partition coefficient (Wildman–Crippen LogP) is 2.03. The maximum absolute atomic E-state index is 10.9. The van der Waals surface area contributed by atoms with Crippen molar-refractivity contribution in [3.8, 4) is 11.5 Å². The van der Waals surface area contributed by atoms with Crippen LogP contribution in [0, 0.1) is 0 Å². The smallest absolute Gasteiger partial charge is 0.217 e. The van der Waals surface area contributed by atoms with Crippen molar-refractivity contribution in [2.75, 3.05) is 6.54 Å². The Bertz CT molecular complexity index is 664. The molecule has 0 saturated carbocycles. The molecule has 2 rings (SSSR count). The van der Waals surface area contributed by atoms with Crippen LogP contribution in [0.1, 0.15) is 26.0 Å². The van der Waals surface area contributed by atoms with Crippen LogP contribution in [-0.4, -0.2) is 29.8 Å². The summed E-state index contributed by atoms with van der Waals surface area (Å²) in [5.41, 5.74) is 6.53. The number of amides is 1. The highest BCUT2D eigenvalue weighted by molar-refractivity contribution is 7.13. The molecule has 0 aliphatic carbocycles. The van der Waals surface area contributed by atoms with Gasteiger partial charge >= 0.3 is 0 Å². The van der Waals surface area contributed by atoms with E-state index in [4.69, 9.17) is 10.2 Å². The summed E-state index contributed by atoms with van der Waals surface area (Å²) in [6.07, 6.45) is 2.53. The van der Waals surface area contributed by atoms with Gasteiger partial charge in [0, 0.05) is 24.9 Å². The second kappa shape index (κ2) is 8.44. The minimum Gasteiger partial charge on any atom is -0.458 e. The van der Waals surface area contributed by atoms with Gasteiger partial charge in [-0.15, -0.1) is 11.3 Å². The van der Waals surface area contributed by atoms with E-state index in [1.54, 1.807) is 6.34 Å². The standard InChI is InChI=1S/C15H21N5O2S/c1-3-11(16)6-17-9-19-15-20-13(8-23-15)14-5-4-12(22-14)7-18-10(2)21/h4-5,8-9,11H,3,6-7,16H2,1-2H3,(H,18,21)(H,17,19,20). The third-order valence-corrected chi connectivity index (χ3v) is 3.84. The molecule has 8 heteroatoms. The summed E-state index contributed by atoms with van der Waals surface area (Å²) in [5.74, 6) is 1.25. The maximum Gasteiger partial charge on any atom is 0.217 e. The molecule has 0 aromatic carbocycles. The van der Waals surface area contributed by atoms with Crippen LogP contribution in [-0.2, 0) is 11.3 Å². The molecule has 0 aliphatic heterocycles. The lowest BCUT2D eigenvalue weighted by molar-refractivity contribution is -0.119. The van der Waals surface area contributed by atoms with E-state index in [2.05, 4.69) is 20.6 Å². The molecule has 0 spiro atoms. The van der Waals surface area contributed by atoms with Crippen molar-refractivity contribution in [3.05, 3.63) is 23.3 Å². The second-order valence-electron chi connectivity index (χ2n) is 5.03. The first kappa shape index (κ1) is 17.2. The summed E-state index contributed by atoms with van der Waals surface area (Å²) in [5, 5.41) is 8.26.